The van der Waals surface area contributed by atoms with Crippen LogP contribution in [0.2, 0.25) is 0 Å². The van der Waals surface area contributed by atoms with Gasteiger partial charge in [-0.3, -0.25) is 0 Å². The van der Waals surface area contributed by atoms with Crippen LogP contribution in [0.3, 0.4) is 0 Å². The third-order valence-corrected chi connectivity index (χ3v) is 3.71. The Morgan fingerprint density at radius 1 is 1.46 bits per heavy atom. The molecule has 0 aromatic carbocycles. The molecule has 0 unspecified atom stereocenters. The molecular formula is C8H15N3S2. The highest BCUT2D eigenvalue weighted by Crippen LogP contribution is 2.18. The smallest absolute Gasteiger partial charge is 0.174 e. The summed E-state index contributed by atoms with van der Waals surface area (Å²) < 4.78 is 1.08. The molecule has 1 heterocycles. The van der Waals surface area contributed by atoms with Crippen molar-refractivity contribution in [3.63, 3.8) is 0 Å². The highest BCUT2D eigenvalue weighted by Gasteiger charge is 2.01. The summed E-state index contributed by atoms with van der Waals surface area (Å²) in [6.45, 7) is 7.79. The van der Waals surface area contributed by atoms with Crippen LogP contribution in [-0.2, 0) is 0 Å². The SMILES string of the molecule is CCN(CC)CCSc1nncs1. The summed E-state index contributed by atoms with van der Waals surface area (Å²) in [6.07, 6.45) is 0. The fraction of sp³-hybridized carbons (Fsp3) is 0.750. The average molecular weight is 217 g/mol. The first-order valence-corrected chi connectivity index (χ1v) is 6.34. The van der Waals surface area contributed by atoms with E-state index in [1.54, 1.807) is 28.6 Å². The molecular weight excluding hydrogens is 202 g/mol. The molecule has 1 rings (SSSR count). The van der Waals surface area contributed by atoms with Crippen molar-refractivity contribution in [3.8, 4) is 0 Å². The minimum atomic E-state index is 1.08. The lowest BCUT2D eigenvalue weighted by Gasteiger charge is -2.16. The third-order valence-electron chi connectivity index (χ3n) is 1.87. The van der Waals surface area contributed by atoms with E-state index in [9.17, 15) is 0 Å². The van der Waals surface area contributed by atoms with Crippen LogP contribution in [0.4, 0.5) is 0 Å². The molecule has 0 saturated carbocycles. The predicted octanol–water partition coefficient (Wildman–Crippen LogP) is 1.97. The topological polar surface area (TPSA) is 29.0 Å². The van der Waals surface area contributed by atoms with Gasteiger partial charge in [0.2, 0.25) is 0 Å². The average Bonchev–Trinajstić information content (AvgIpc) is 2.65. The van der Waals surface area contributed by atoms with E-state index in [1.807, 2.05) is 0 Å². The molecule has 0 radical (unpaired) electrons. The summed E-state index contributed by atoms with van der Waals surface area (Å²) in [6, 6.07) is 0. The maximum Gasteiger partial charge on any atom is 0.174 e. The number of hydrogen-bond donors (Lipinski definition) is 0. The van der Waals surface area contributed by atoms with Crippen molar-refractivity contribution < 1.29 is 0 Å². The molecule has 0 bridgehead atoms. The summed E-state index contributed by atoms with van der Waals surface area (Å²) in [4.78, 5) is 2.41. The van der Waals surface area contributed by atoms with E-state index in [4.69, 9.17) is 0 Å². The molecule has 0 aliphatic heterocycles. The number of rotatable bonds is 6. The molecule has 0 aliphatic carbocycles. The molecule has 5 heteroatoms. The van der Waals surface area contributed by atoms with Crippen LogP contribution < -0.4 is 0 Å². The predicted molar refractivity (Wildman–Crippen MR) is 58.4 cm³/mol. The zero-order valence-electron chi connectivity index (χ0n) is 8.06. The van der Waals surface area contributed by atoms with Crippen molar-refractivity contribution >= 4 is 23.1 Å². The molecule has 0 N–H and O–H groups in total. The fourth-order valence-corrected chi connectivity index (χ4v) is 2.59. The highest BCUT2D eigenvalue weighted by atomic mass is 32.2. The Labute approximate surface area is 87.6 Å². The molecule has 13 heavy (non-hydrogen) atoms. The van der Waals surface area contributed by atoms with Crippen molar-refractivity contribution in [3.05, 3.63) is 5.51 Å². The summed E-state index contributed by atoms with van der Waals surface area (Å²) in [7, 11) is 0. The molecule has 3 nitrogen and oxygen atoms in total. The van der Waals surface area contributed by atoms with Crippen LogP contribution in [0, 0.1) is 0 Å². The molecule has 0 atom stereocenters. The van der Waals surface area contributed by atoms with Crippen LogP contribution in [0.1, 0.15) is 13.8 Å². The lowest BCUT2D eigenvalue weighted by molar-refractivity contribution is 0.324. The van der Waals surface area contributed by atoms with Crippen LogP contribution in [0.25, 0.3) is 0 Å². The van der Waals surface area contributed by atoms with E-state index >= 15 is 0 Å². The van der Waals surface area contributed by atoms with Gasteiger partial charge >= 0.3 is 0 Å². The first kappa shape index (κ1) is 10.9. The number of nitrogens with zero attached hydrogens (tertiary/aromatic N) is 3. The Morgan fingerprint density at radius 3 is 2.77 bits per heavy atom. The molecule has 1 aromatic heterocycles. The Balaban J connectivity index is 2.13. The van der Waals surface area contributed by atoms with E-state index in [-0.39, 0.29) is 0 Å². The quantitative estimate of drug-likeness (QED) is 0.681. The van der Waals surface area contributed by atoms with Crippen LogP contribution >= 0.6 is 23.1 Å². The summed E-state index contributed by atoms with van der Waals surface area (Å²) in [5.41, 5.74) is 1.78. The van der Waals surface area contributed by atoms with Gasteiger partial charge in [0.05, 0.1) is 0 Å². The molecule has 0 spiro atoms. The molecule has 0 aliphatic rings. The van der Waals surface area contributed by atoms with Gasteiger partial charge in [-0.15, -0.1) is 10.2 Å². The zero-order chi connectivity index (χ0) is 9.52. The van der Waals surface area contributed by atoms with Gasteiger partial charge in [-0.2, -0.15) is 0 Å². The Bertz CT molecular complexity index is 209. The summed E-state index contributed by atoms with van der Waals surface area (Å²) in [5, 5.41) is 7.77. The largest absolute Gasteiger partial charge is 0.303 e. The van der Waals surface area contributed by atoms with Crippen molar-refractivity contribution in [1.29, 1.82) is 0 Å². The maximum absolute atomic E-state index is 3.98. The Kier molecular flexibility index (Phi) is 5.34. The zero-order valence-corrected chi connectivity index (χ0v) is 9.70. The van der Waals surface area contributed by atoms with Crippen molar-refractivity contribution in [2.75, 3.05) is 25.4 Å². The normalized spacial score (nSPS) is 11.0. The summed E-state index contributed by atoms with van der Waals surface area (Å²) >= 11 is 3.40. The van der Waals surface area contributed by atoms with Gasteiger partial charge in [0.15, 0.2) is 4.34 Å². The first-order valence-electron chi connectivity index (χ1n) is 4.48. The number of hydrogen-bond acceptors (Lipinski definition) is 5. The van der Waals surface area contributed by atoms with Gasteiger partial charge in [0.25, 0.3) is 0 Å². The standard InChI is InChI=1S/C8H15N3S2/c1-3-11(4-2)5-6-12-8-10-9-7-13-8/h7H,3-6H2,1-2H3. The Morgan fingerprint density at radius 2 is 2.23 bits per heavy atom. The van der Waals surface area contributed by atoms with E-state index in [0.717, 1.165) is 29.7 Å². The minimum absolute atomic E-state index is 1.08. The molecule has 1 aromatic rings. The second kappa shape index (κ2) is 6.34. The number of aromatic nitrogens is 2. The molecule has 0 saturated heterocycles. The van der Waals surface area contributed by atoms with Crippen LogP contribution in [0.5, 0.6) is 0 Å². The van der Waals surface area contributed by atoms with Crippen molar-refractivity contribution in [2.45, 2.75) is 18.2 Å². The Hall–Kier alpha value is -0.130. The monoisotopic (exact) mass is 217 g/mol. The first-order chi connectivity index (χ1) is 6.36. The summed E-state index contributed by atoms with van der Waals surface area (Å²) in [5.74, 6) is 1.11. The van der Waals surface area contributed by atoms with E-state index in [2.05, 4.69) is 28.9 Å². The number of thioether (sulfide) groups is 1. The van der Waals surface area contributed by atoms with Gasteiger partial charge in [-0.25, -0.2) is 0 Å². The minimum Gasteiger partial charge on any atom is -0.303 e. The lowest BCUT2D eigenvalue weighted by Crippen LogP contribution is -2.25. The van der Waals surface area contributed by atoms with Crippen LogP contribution in [0.15, 0.2) is 9.85 Å². The molecule has 74 valence electrons. The lowest BCUT2D eigenvalue weighted by atomic mass is 10.5. The van der Waals surface area contributed by atoms with Crippen molar-refractivity contribution in [2.24, 2.45) is 0 Å². The highest BCUT2D eigenvalue weighted by molar-refractivity contribution is 8.01. The van der Waals surface area contributed by atoms with Gasteiger partial charge in [-0.05, 0) is 13.1 Å². The van der Waals surface area contributed by atoms with Gasteiger partial charge in [-0.1, -0.05) is 36.9 Å². The maximum atomic E-state index is 3.98. The molecule has 0 amide bonds. The second-order valence-corrected chi connectivity index (χ2v) is 4.76. The van der Waals surface area contributed by atoms with Crippen molar-refractivity contribution in [1.82, 2.24) is 15.1 Å². The molecule has 0 fully saturated rings. The van der Waals surface area contributed by atoms with Gasteiger partial charge in [0, 0.05) is 12.3 Å². The van der Waals surface area contributed by atoms with Gasteiger partial charge in [0.1, 0.15) is 5.51 Å². The second-order valence-electron chi connectivity index (χ2n) is 2.58. The fourth-order valence-electron chi connectivity index (χ4n) is 1.03. The van der Waals surface area contributed by atoms with Gasteiger partial charge < -0.3 is 4.90 Å². The van der Waals surface area contributed by atoms with E-state index in [1.165, 1.54) is 0 Å². The van der Waals surface area contributed by atoms with E-state index in [0.29, 0.717) is 0 Å². The van der Waals surface area contributed by atoms with E-state index < -0.39 is 0 Å². The van der Waals surface area contributed by atoms with Crippen LogP contribution in [-0.4, -0.2) is 40.5 Å². The third kappa shape index (κ3) is 4.06.